The molecule has 258 valence electrons. The Balaban J connectivity index is 0.938. The minimum absolute atomic E-state index is 0.0403. The fourth-order valence-corrected chi connectivity index (χ4v) is 11.2. The van der Waals surface area contributed by atoms with Crippen molar-refractivity contribution in [1.29, 1.82) is 0 Å². The van der Waals surface area contributed by atoms with Crippen LogP contribution in [0.5, 0.6) is 0 Å². The molecule has 2 N–H and O–H groups in total. The second-order valence-electron chi connectivity index (χ2n) is 13.1. The zero-order valence-electron chi connectivity index (χ0n) is 26.1. The molecule has 4 heterocycles. The molecular weight excluding hydrogens is 689 g/mol. The van der Waals surface area contributed by atoms with Crippen LogP contribution in [0.3, 0.4) is 0 Å². The molecule has 1 aromatic carbocycles. The van der Waals surface area contributed by atoms with Crippen LogP contribution in [0, 0.1) is 17.8 Å². The highest BCUT2D eigenvalue weighted by Crippen LogP contribution is 2.35. The highest BCUT2D eigenvalue weighted by atomic mass is 35.5. The Labute approximate surface area is 285 Å². The number of nitrogens with one attached hydrogen (secondary N) is 1. The number of carboxylic acid groups (broad SMARTS) is 1. The monoisotopic (exact) mass is 729 g/mol. The van der Waals surface area contributed by atoms with Gasteiger partial charge >= 0.3 is 5.97 Å². The van der Waals surface area contributed by atoms with Crippen LogP contribution in [0.1, 0.15) is 64.2 Å². The lowest BCUT2D eigenvalue weighted by molar-refractivity contribution is -0.141. The molecule has 1 aromatic heterocycles. The van der Waals surface area contributed by atoms with E-state index in [1.165, 1.54) is 21.0 Å². The van der Waals surface area contributed by atoms with E-state index in [2.05, 4.69) is 14.8 Å². The molecule has 47 heavy (non-hydrogen) atoms. The van der Waals surface area contributed by atoms with Crippen molar-refractivity contribution >= 4 is 66.2 Å². The van der Waals surface area contributed by atoms with Crippen LogP contribution in [0.4, 0.5) is 5.69 Å². The second kappa shape index (κ2) is 14.2. The first-order valence-corrected chi connectivity index (χ1v) is 19.9. The van der Waals surface area contributed by atoms with Crippen LogP contribution >= 0.6 is 23.4 Å². The van der Waals surface area contributed by atoms with Gasteiger partial charge in [-0.2, -0.15) is 4.31 Å². The third-order valence-corrected chi connectivity index (χ3v) is 14.4. The first-order chi connectivity index (χ1) is 22.4. The van der Waals surface area contributed by atoms with Gasteiger partial charge in [0, 0.05) is 44.0 Å². The molecule has 16 heteroatoms. The smallest absolute Gasteiger partial charge is 0.306 e. The SMILES string of the molecule is O=C(O)C1CCC(NS(=O)(=O)c2ccc(N3CCC(CCCC4CCN(S(=O)(=O)C5=c6cnoc6=CCN5Cl)CC4)CC3)c(Cl)c2)C1. The summed E-state index contributed by atoms with van der Waals surface area (Å²) in [5.41, 5.74) is 1.25. The number of hydrogen-bond acceptors (Lipinski definition) is 9. The van der Waals surface area contributed by atoms with E-state index in [4.69, 9.17) is 27.9 Å². The number of sulfonamides is 2. The van der Waals surface area contributed by atoms with Crippen molar-refractivity contribution in [2.75, 3.05) is 37.6 Å². The Morgan fingerprint density at radius 2 is 1.68 bits per heavy atom. The highest BCUT2D eigenvalue weighted by Gasteiger charge is 2.36. The molecule has 6 rings (SSSR count). The van der Waals surface area contributed by atoms with E-state index in [1.54, 1.807) is 18.2 Å². The van der Waals surface area contributed by atoms with Gasteiger partial charge in [0.1, 0.15) is 0 Å². The maximum atomic E-state index is 13.5. The molecule has 1 aliphatic carbocycles. The van der Waals surface area contributed by atoms with Crippen LogP contribution < -0.4 is 20.3 Å². The third kappa shape index (κ3) is 7.62. The van der Waals surface area contributed by atoms with Crippen LogP contribution in [0.2, 0.25) is 5.02 Å². The number of carbonyl (C=O) groups is 1. The normalized spacial score (nSPS) is 23.6. The topological polar surface area (TPSA) is 153 Å². The third-order valence-electron chi connectivity index (χ3n) is 10.2. The summed E-state index contributed by atoms with van der Waals surface area (Å²) in [6, 6.07) is 4.42. The van der Waals surface area contributed by atoms with E-state index in [1.807, 2.05) is 0 Å². The van der Waals surface area contributed by atoms with E-state index < -0.39 is 38.0 Å². The number of aromatic nitrogens is 1. The first-order valence-electron chi connectivity index (χ1n) is 16.3. The van der Waals surface area contributed by atoms with Crippen molar-refractivity contribution in [1.82, 2.24) is 18.6 Å². The molecular formula is C31H41Cl2N5O7S2. The fraction of sp³-hybridized carbons (Fsp3) is 0.613. The average molecular weight is 731 g/mol. The van der Waals surface area contributed by atoms with Crippen molar-refractivity contribution in [3.63, 3.8) is 0 Å². The molecule has 2 aromatic rings. The Hall–Kier alpha value is -2.36. The maximum Gasteiger partial charge on any atom is 0.306 e. The van der Waals surface area contributed by atoms with Gasteiger partial charge in [-0.1, -0.05) is 36.0 Å². The van der Waals surface area contributed by atoms with Gasteiger partial charge in [-0.3, -0.25) is 9.21 Å². The lowest BCUT2D eigenvalue weighted by Crippen LogP contribution is -2.45. The molecule has 2 saturated heterocycles. The quantitative estimate of drug-likeness (QED) is 0.330. The summed E-state index contributed by atoms with van der Waals surface area (Å²) in [5, 5.41) is 13.8. The molecule has 3 aliphatic heterocycles. The van der Waals surface area contributed by atoms with E-state index in [9.17, 15) is 26.7 Å². The van der Waals surface area contributed by atoms with E-state index >= 15 is 0 Å². The predicted molar refractivity (Wildman–Crippen MR) is 179 cm³/mol. The van der Waals surface area contributed by atoms with Crippen molar-refractivity contribution < 1.29 is 31.3 Å². The van der Waals surface area contributed by atoms with Crippen LogP contribution in [0.25, 0.3) is 11.1 Å². The van der Waals surface area contributed by atoms with Gasteiger partial charge in [0.05, 0.1) is 39.5 Å². The number of fused-ring (bicyclic) bond motifs is 1. The van der Waals surface area contributed by atoms with Crippen LogP contribution in [-0.2, 0) is 24.8 Å². The molecule has 0 radical (unpaired) electrons. The number of rotatable bonds is 11. The number of nitrogens with zero attached hydrogens (tertiary/aromatic N) is 4. The maximum absolute atomic E-state index is 13.5. The number of piperidine rings is 2. The number of carboxylic acids is 1. The number of halogens is 2. The Bertz CT molecular complexity index is 1800. The van der Waals surface area contributed by atoms with Crippen molar-refractivity contribution in [2.24, 2.45) is 17.8 Å². The minimum atomic E-state index is -3.81. The molecule has 12 nitrogen and oxygen atoms in total. The highest BCUT2D eigenvalue weighted by molar-refractivity contribution is 7.98. The first kappa shape index (κ1) is 34.5. The summed E-state index contributed by atoms with van der Waals surface area (Å²) in [4.78, 5) is 13.5. The summed E-state index contributed by atoms with van der Waals surface area (Å²) >= 11 is 12.9. The molecule has 0 spiro atoms. The summed E-state index contributed by atoms with van der Waals surface area (Å²) in [5.74, 6) is -0.322. The zero-order chi connectivity index (χ0) is 33.3. The van der Waals surface area contributed by atoms with Crippen LogP contribution in [-0.4, -0.2) is 80.6 Å². The number of hydrogen-bond donors (Lipinski definition) is 2. The number of anilines is 1. The zero-order valence-corrected chi connectivity index (χ0v) is 29.2. The van der Waals surface area contributed by atoms with Crippen LogP contribution in [0.15, 0.2) is 33.8 Å². The van der Waals surface area contributed by atoms with Crippen molar-refractivity contribution in [3.8, 4) is 0 Å². The number of benzene rings is 1. The summed E-state index contributed by atoms with van der Waals surface area (Å²) in [7, 11) is -7.58. The number of aliphatic carboxylic acids is 1. The standard InChI is InChI=1S/C31H41Cl2N5O7S2/c32-27-19-25(46(41,42)35-24-5-4-23(18-24)31(39)40)6-7-28(27)36-13-8-21(9-14-36)2-1-3-22-10-15-37(16-11-22)47(43,44)30-26-20-34-45-29(26)12-17-38(30)33/h6-7,12,19-24,35H,1-5,8-11,13-18H2,(H,39,40). The van der Waals surface area contributed by atoms with Gasteiger partial charge in [0.2, 0.25) is 10.0 Å². The van der Waals surface area contributed by atoms with Crippen molar-refractivity contribution in [3.05, 3.63) is 40.1 Å². The molecule has 2 atom stereocenters. The Morgan fingerprint density at radius 3 is 2.32 bits per heavy atom. The largest absolute Gasteiger partial charge is 0.481 e. The average Bonchev–Trinajstić information content (AvgIpc) is 3.71. The fourth-order valence-electron chi connectivity index (χ4n) is 7.43. The lowest BCUT2D eigenvalue weighted by atomic mass is 9.87. The van der Waals surface area contributed by atoms with Gasteiger partial charge in [-0.25, -0.2) is 21.6 Å². The molecule has 0 amide bonds. The van der Waals surface area contributed by atoms with E-state index in [-0.39, 0.29) is 22.9 Å². The van der Waals surface area contributed by atoms with Gasteiger partial charge in [0.15, 0.2) is 10.4 Å². The van der Waals surface area contributed by atoms with Gasteiger partial charge < -0.3 is 14.5 Å². The molecule has 1 saturated carbocycles. The van der Waals surface area contributed by atoms with E-state index in [0.29, 0.717) is 53.4 Å². The minimum Gasteiger partial charge on any atom is -0.481 e. The lowest BCUT2D eigenvalue weighted by Gasteiger charge is -2.35. The molecule has 2 unspecified atom stereocenters. The summed E-state index contributed by atoms with van der Waals surface area (Å²) in [6.07, 6.45) is 11.4. The predicted octanol–water partition coefficient (Wildman–Crippen LogP) is 3.30. The summed E-state index contributed by atoms with van der Waals surface area (Å²) in [6.45, 7) is 2.84. The van der Waals surface area contributed by atoms with Gasteiger partial charge in [-0.05, 0) is 81.1 Å². The summed E-state index contributed by atoms with van der Waals surface area (Å²) < 4.78 is 63.4. The van der Waals surface area contributed by atoms with Gasteiger partial charge in [0.25, 0.3) is 10.0 Å². The van der Waals surface area contributed by atoms with E-state index in [0.717, 1.165) is 63.7 Å². The Morgan fingerprint density at radius 1 is 1.00 bits per heavy atom. The Kier molecular flexibility index (Phi) is 10.5. The molecule has 4 aliphatic rings. The molecule has 0 bridgehead atoms. The second-order valence-corrected chi connectivity index (χ2v) is 17.5. The van der Waals surface area contributed by atoms with Crippen molar-refractivity contribution in [2.45, 2.75) is 75.1 Å². The molecule has 3 fully saturated rings. The van der Waals surface area contributed by atoms with Gasteiger partial charge in [-0.15, -0.1) is 0 Å².